The van der Waals surface area contributed by atoms with Crippen LogP contribution in [0.15, 0.2) is 30.6 Å². The van der Waals surface area contributed by atoms with Crippen LogP contribution < -0.4 is 5.32 Å². The summed E-state index contributed by atoms with van der Waals surface area (Å²) < 4.78 is 1.68. The summed E-state index contributed by atoms with van der Waals surface area (Å²) in [5, 5.41) is 18.7. The van der Waals surface area contributed by atoms with Gasteiger partial charge in [-0.15, -0.1) is 0 Å². The third-order valence-electron chi connectivity index (χ3n) is 3.16. The molecule has 6 nitrogen and oxygen atoms in total. The molecule has 1 atom stereocenters. The van der Waals surface area contributed by atoms with Gasteiger partial charge < -0.3 is 5.32 Å². The molecule has 20 heavy (non-hydrogen) atoms. The van der Waals surface area contributed by atoms with Crippen molar-refractivity contribution in [3.8, 4) is 0 Å². The molecule has 0 aliphatic heterocycles. The molecule has 0 fully saturated rings. The summed E-state index contributed by atoms with van der Waals surface area (Å²) in [6.07, 6.45) is 3.63. The lowest BCUT2D eigenvalue weighted by Gasteiger charge is -2.06. The van der Waals surface area contributed by atoms with E-state index in [0.717, 1.165) is 5.56 Å². The molecular weight excluding hydrogens is 280 g/mol. The highest BCUT2D eigenvalue weighted by Gasteiger charge is 2.15. The first-order chi connectivity index (χ1) is 9.51. The molecule has 0 amide bonds. The standard InChI is InChI=1S/C13H15ClN4O2/c1-9(15-2)11-6-16-17(8-11)7-10-3-4-12(14)5-13(10)18(19)20/h3-6,8-9,15H,7H2,1-2H3. The second-order valence-corrected chi connectivity index (χ2v) is 4.95. The van der Waals surface area contributed by atoms with Crippen molar-refractivity contribution in [1.82, 2.24) is 15.1 Å². The van der Waals surface area contributed by atoms with Gasteiger partial charge in [-0.3, -0.25) is 14.8 Å². The minimum Gasteiger partial charge on any atom is -0.313 e. The summed E-state index contributed by atoms with van der Waals surface area (Å²) >= 11 is 5.79. The van der Waals surface area contributed by atoms with Crippen molar-refractivity contribution in [3.63, 3.8) is 0 Å². The van der Waals surface area contributed by atoms with Gasteiger partial charge in [0.05, 0.1) is 23.2 Å². The van der Waals surface area contributed by atoms with Crippen LogP contribution >= 0.6 is 11.6 Å². The maximum Gasteiger partial charge on any atom is 0.275 e. The number of halogens is 1. The molecule has 1 N–H and O–H groups in total. The minimum atomic E-state index is -0.429. The monoisotopic (exact) mass is 294 g/mol. The fourth-order valence-electron chi connectivity index (χ4n) is 1.87. The van der Waals surface area contributed by atoms with Crippen LogP contribution in [0.4, 0.5) is 5.69 Å². The largest absolute Gasteiger partial charge is 0.313 e. The molecule has 0 radical (unpaired) electrons. The lowest BCUT2D eigenvalue weighted by molar-refractivity contribution is -0.385. The first-order valence-corrected chi connectivity index (χ1v) is 6.51. The second kappa shape index (κ2) is 6.02. The van der Waals surface area contributed by atoms with E-state index in [4.69, 9.17) is 11.6 Å². The van der Waals surface area contributed by atoms with Crippen LogP contribution in [0.25, 0.3) is 0 Å². The molecule has 0 saturated carbocycles. The van der Waals surface area contributed by atoms with Gasteiger partial charge in [0.25, 0.3) is 5.69 Å². The molecule has 2 rings (SSSR count). The van der Waals surface area contributed by atoms with E-state index >= 15 is 0 Å². The maximum absolute atomic E-state index is 11.0. The van der Waals surface area contributed by atoms with Crippen LogP contribution in [0.3, 0.4) is 0 Å². The van der Waals surface area contributed by atoms with Gasteiger partial charge in [-0.1, -0.05) is 11.6 Å². The fourth-order valence-corrected chi connectivity index (χ4v) is 2.04. The molecule has 1 aromatic carbocycles. The van der Waals surface area contributed by atoms with Crippen molar-refractivity contribution in [2.75, 3.05) is 7.05 Å². The number of benzene rings is 1. The van der Waals surface area contributed by atoms with E-state index in [9.17, 15) is 10.1 Å². The highest BCUT2D eigenvalue weighted by molar-refractivity contribution is 6.30. The smallest absolute Gasteiger partial charge is 0.275 e. The van der Waals surface area contributed by atoms with Crippen LogP contribution in [0, 0.1) is 10.1 Å². The maximum atomic E-state index is 11.0. The Morgan fingerprint density at radius 3 is 2.95 bits per heavy atom. The van der Waals surface area contributed by atoms with Gasteiger partial charge in [0.2, 0.25) is 0 Å². The molecular formula is C13H15ClN4O2. The van der Waals surface area contributed by atoms with Crippen molar-refractivity contribution in [2.45, 2.75) is 19.5 Å². The molecule has 106 valence electrons. The van der Waals surface area contributed by atoms with Gasteiger partial charge in [0, 0.05) is 28.9 Å². The molecule has 0 aliphatic carbocycles. The third-order valence-corrected chi connectivity index (χ3v) is 3.40. The Balaban J connectivity index is 2.26. The van der Waals surface area contributed by atoms with E-state index in [1.54, 1.807) is 23.0 Å². The van der Waals surface area contributed by atoms with Crippen molar-refractivity contribution in [1.29, 1.82) is 0 Å². The lowest BCUT2D eigenvalue weighted by Crippen LogP contribution is -2.11. The molecule has 1 heterocycles. The summed E-state index contributed by atoms with van der Waals surface area (Å²) in [7, 11) is 1.87. The number of hydrogen-bond acceptors (Lipinski definition) is 4. The van der Waals surface area contributed by atoms with Crippen LogP contribution in [0.1, 0.15) is 24.1 Å². The first kappa shape index (κ1) is 14.5. The average molecular weight is 295 g/mol. The molecule has 0 aliphatic rings. The zero-order chi connectivity index (χ0) is 14.7. The molecule has 0 saturated heterocycles. The fraction of sp³-hybridized carbons (Fsp3) is 0.308. The predicted octanol–water partition coefficient (Wildman–Crippen LogP) is 2.77. The lowest BCUT2D eigenvalue weighted by atomic mass is 10.2. The van der Waals surface area contributed by atoms with Crippen LogP contribution in [0.2, 0.25) is 5.02 Å². The van der Waals surface area contributed by atoms with Crippen LogP contribution in [0.5, 0.6) is 0 Å². The highest BCUT2D eigenvalue weighted by atomic mass is 35.5. The number of rotatable bonds is 5. The van der Waals surface area contributed by atoms with E-state index in [0.29, 0.717) is 17.1 Å². The average Bonchev–Trinajstić information content (AvgIpc) is 2.88. The molecule has 0 spiro atoms. The normalized spacial score (nSPS) is 12.3. The quantitative estimate of drug-likeness (QED) is 0.680. The zero-order valence-corrected chi connectivity index (χ0v) is 12.0. The van der Waals surface area contributed by atoms with Gasteiger partial charge in [-0.2, -0.15) is 5.10 Å². The third kappa shape index (κ3) is 3.15. The number of nitro groups is 1. The Morgan fingerprint density at radius 1 is 1.55 bits per heavy atom. The van der Waals surface area contributed by atoms with Gasteiger partial charge in [0.15, 0.2) is 0 Å². The zero-order valence-electron chi connectivity index (χ0n) is 11.2. The Bertz CT molecular complexity index is 627. The van der Waals surface area contributed by atoms with E-state index in [1.165, 1.54) is 6.07 Å². The summed E-state index contributed by atoms with van der Waals surface area (Å²) in [5.41, 5.74) is 1.62. The molecule has 7 heteroatoms. The van der Waals surface area contributed by atoms with E-state index < -0.39 is 4.92 Å². The summed E-state index contributed by atoms with van der Waals surface area (Å²) in [5.74, 6) is 0. The summed E-state index contributed by atoms with van der Waals surface area (Å²) in [6, 6.07) is 4.84. The summed E-state index contributed by atoms with van der Waals surface area (Å²) in [4.78, 5) is 10.6. The molecule has 1 aromatic heterocycles. The van der Waals surface area contributed by atoms with Crippen LogP contribution in [-0.2, 0) is 6.54 Å². The SMILES string of the molecule is CNC(C)c1cnn(Cc2ccc(Cl)cc2[N+](=O)[O-])c1. The Kier molecular flexibility index (Phi) is 4.36. The topological polar surface area (TPSA) is 73.0 Å². The van der Waals surface area contributed by atoms with Crippen molar-refractivity contribution in [3.05, 3.63) is 56.9 Å². The van der Waals surface area contributed by atoms with Crippen LogP contribution in [-0.4, -0.2) is 21.8 Å². The number of hydrogen-bond donors (Lipinski definition) is 1. The molecule has 0 bridgehead atoms. The van der Waals surface area contributed by atoms with E-state index in [1.807, 2.05) is 20.2 Å². The predicted molar refractivity (Wildman–Crippen MR) is 76.9 cm³/mol. The van der Waals surface area contributed by atoms with Gasteiger partial charge in [0.1, 0.15) is 0 Å². The van der Waals surface area contributed by atoms with Gasteiger partial charge in [-0.25, -0.2) is 0 Å². The van der Waals surface area contributed by atoms with Crippen molar-refractivity contribution >= 4 is 17.3 Å². The number of nitrogens with zero attached hydrogens (tertiary/aromatic N) is 3. The number of aromatic nitrogens is 2. The number of nitrogens with one attached hydrogen (secondary N) is 1. The Morgan fingerprint density at radius 2 is 2.30 bits per heavy atom. The first-order valence-electron chi connectivity index (χ1n) is 6.13. The van der Waals surface area contributed by atoms with Gasteiger partial charge >= 0.3 is 0 Å². The van der Waals surface area contributed by atoms with E-state index in [-0.39, 0.29) is 11.7 Å². The molecule has 1 unspecified atom stereocenters. The van der Waals surface area contributed by atoms with E-state index in [2.05, 4.69) is 10.4 Å². The van der Waals surface area contributed by atoms with Crippen molar-refractivity contribution < 1.29 is 4.92 Å². The minimum absolute atomic E-state index is 0.0104. The van der Waals surface area contributed by atoms with Crippen molar-refractivity contribution in [2.24, 2.45) is 0 Å². The van der Waals surface area contributed by atoms with Gasteiger partial charge in [-0.05, 0) is 26.1 Å². The molecule has 2 aromatic rings. The number of nitro benzene ring substituents is 1. The Labute approximate surface area is 121 Å². The second-order valence-electron chi connectivity index (χ2n) is 4.51. The highest BCUT2D eigenvalue weighted by Crippen LogP contribution is 2.24. The summed E-state index contributed by atoms with van der Waals surface area (Å²) in [6.45, 7) is 2.36. The Hall–Kier alpha value is -1.92.